The van der Waals surface area contributed by atoms with Crippen LogP contribution in [0.3, 0.4) is 0 Å². The molecule has 1 atom stereocenters. The molecule has 1 N–H and O–H groups in total. The van der Waals surface area contributed by atoms with E-state index in [-0.39, 0.29) is 36.2 Å². The zero-order valence-electron chi connectivity index (χ0n) is 16.4. The minimum Gasteiger partial charge on any atom is -0.461 e. The van der Waals surface area contributed by atoms with Crippen molar-refractivity contribution in [1.82, 2.24) is 19.2 Å². The molecule has 1 amide bonds. The summed E-state index contributed by atoms with van der Waals surface area (Å²) in [5.74, 6) is -0.958. The molecule has 0 radical (unpaired) electrons. The molecule has 0 bridgehead atoms. The third-order valence-corrected chi connectivity index (χ3v) is 6.62. The number of aromatic nitrogens is 2. The first-order valence-corrected chi connectivity index (χ1v) is 10.8. The summed E-state index contributed by atoms with van der Waals surface area (Å²) in [6.07, 6.45) is 4.01. The van der Waals surface area contributed by atoms with Crippen molar-refractivity contribution < 1.29 is 22.7 Å². The van der Waals surface area contributed by atoms with E-state index in [1.165, 1.54) is 21.1 Å². The van der Waals surface area contributed by atoms with Gasteiger partial charge in [0.15, 0.2) is 0 Å². The fourth-order valence-electron chi connectivity index (χ4n) is 3.31. The Morgan fingerprint density at radius 1 is 1.34 bits per heavy atom. The normalized spacial score (nSPS) is 17.2. The minimum atomic E-state index is -3.94. The van der Waals surface area contributed by atoms with E-state index in [1.807, 2.05) is 6.07 Å². The number of pyridine rings is 1. The van der Waals surface area contributed by atoms with Crippen molar-refractivity contribution in [1.29, 1.82) is 0 Å². The van der Waals surface area contributed by atoms with E-state index in [4.69, 9.17) is 4.74 Å². The first-order valence-electron chi connectivity index (χ1n) is 9.37. The molecular weight excluding hydrogens is 396 g/mol. The molecule has 3 rings (SSSR count). The smallest absolute Gasteiger partial charge is 0.354 e. The number of ether oxygens (including phenoxy) is 1. The fraction of sp³-hybridized carbons (Fsp3) is 0.421. The molecule has 1 unspecified atom stereocenters. The van der Waals surface area contributed by atoms with E-state index >= 15 is 0 Å². The Morgan fingerprint density at radius 3 is 2.83 bits per heavy atom. The van der Waals surface area contributed by atoms with Crippen LogP contribution in [0, 0.1) is 0 Å². The third kappa shape index (κ3) is 4.48. The minimum absolute atomic E-state index is 0.0347. The lowest BCUT2D eigenvalue weighted by atomic mass is 10.2. The Balaban J connectivity index is 1.76. The van der Waals surface area contributed by atoms with Gasteiger partial charge in [0.1, 0.15) is 16.6 Å². The molecule has 29 heavy (non-hydrogen) atoms. The van der Waals surface area contributed by atoms with Crippen molar-refractivity contribution in [3.05, 3.63) is 48.0 Å². The van der Waals surface area contributed by atoms with Gasteiger partial charge in [-0.2, -0.15) is 4.31 Å². The molecule has 156 valence electrons. The molecule has 9 nitrogen and oxygen atoms in total. The SMILES string of the molecule is CCOC(=O)c1cc(S(=O)(=O)N2CCCC2C(=O)NCc2ccccn2)cn1C. The number of nitrogens with zero attached hydrogens (tertiary/aromatic N) is 3. The summed E-state index contributed by atoms with van der Waals surface area (Å²) in [4.78, 5) is 28.8. The second kappa shape index (κ2) is 8.75. The van der Waals surface area contributed by atoms with E-state index in [9.17, 15) is 18.0 Å². The molecule has 1 aliphatic rings. The van der Waals surface area contributed by atoms with Gasteiger partial charge in [-0.25, -0.2) is 13.2 Å². The predicted octanol–water partition coefficient (Wildman–Crippen LogP) is 1.07. The average Bonchev–Trinajstić information content (AvgIpc) is 3.35. The van der Waals surface area contributed by atoms with Gasteiger partial charge in [-0.1, -0.05) is 6.07 Å². The van der Waals surface area contributed by atoms with E-state index < -0.39 is 22.0 Å². The fourth-order valence-corrected chi connectivity index (χ4v) is 5.03. The number of nitrogens with one attached hydrogen (secondary N) is 1. The van der Waals surface area contributed by atoms with E-state index in [1.54, 1.807) is 32.3 Å². The molecular formula is C19H24N4O5S. The highest BCUT2D eigenvalue weighted by Crippen LogP contribution is 2.27. The lowest BCUT2D eigenvalue weighted by Gasteiger charge is -2.22. The molecule has 2 aromatic heterocycles. The lowest BCUT2D eigenvalue weighted by molar-refractivity contribution is -0.124. The number of carbonyl (C=O) groups excluding carboxylic acids is 2. The van der Waals surface area contributed by atoms with Crippen molar-refractivity contribution >= 4 is 21.9 Å². The van der Waals surface area contributed by atoms with Gasteiger partial charge in [-0.15, -0.1) is 0 Å². The molecule has 3 heterocycles. The quantitative estimate of drug-likeness (QED) is 0.671. The predicted molar refractivity (Wildman–Crippen MR) is 104 cm³/mol. The van der Waals surface area contributed by atoms with Gasteiger partial charge in [0, 0.05) is 26.0 Å². The molecule has 0 aliphatic carbocycles. The van der Waals surface area contributed by atoms with Gasteiger partial charge in [0.05, 0.1) is 18.8 Å². The summed E-state index contributed by atoms with van der Waals surface area (Å²) >= 11 is 0. The number of aryl methyl sites for hydroxylation is 1. The van der Waals surface area contributed by atoms with E-state index in [0.29, 0.717) is 18.5 Å². The second-order valence-corrected chi connectivity index (χ2v) is 8.60. The molecule has 1 aliphatic heterocycles. The Hall–Kier alpha value is -2.72. The van der Waals surface area contributed by atoms with Crippen molar-refractivity contribution in [2.45, 2.75) is 37.2 Å². The summed E-state index contributed by atoms with van der Waals surface area (Å²) in [6.45, 7) is 2.34. The third-order valence-electron chi connectivity index (χ3n) is 4.75. The van der Waals surface area contributed by atoms with Crippen LogP contribution >= 0.6 is 0 Å². The number of carbonyl (C=O) groups is 2. The molecule has 1 fully saturated rings. The zero-order chi connectivity index (χ0) is 21.0. The van der Waals surface area contributed by atoms with Gasteiger partial charge >= 0.3 is 5.97 Å². The van der Waals surface area contributed by atoms with Crippen molar-refractivity contribution in [3.63, 3.8) is 0 Å². The Morgan fingerprint density at radius 2 is 2.14 bits per heavy atom. The Kier molecular flexibility index (Phi) is 6.33. The van der Waals surface area contributed by atoms with E-state index in [0.717, 1.165) is 0 Å². The van der Waals surface area contributed by atoms with Crippen LogP contribution in [-0.4, -0.2) is 53.3 Å². The largest absolute Gasteiger partial charge is 0.461 e. The summed E-state index contributed by atoms with van der Waals surface area (Å²) in [5, 5.41) is 2.76. The van der Waals surface area contributed by atoms with Crippen LogP contribution in [0.5, 0.6) is 0 Å². The number of esters is 1. The first-order chi connectivity index (χ1) is 13.8. The number of rotatable bonds is 7. The van der Waals surface area contributed by atoms with Crippen LogP contribution in [-0.2, 0) is 33.1 Å². The molecule has 2 aromatic rings. The van der Waals surface area contributed by atoms with Gasteiger partial charge in [0.2, 0.25) is 15.9 Å². The summed E-state index contributed by atoms with van der Waals surface area (Å²) in [5.41, 5.74) is 0.830. The highest BCUT2D eigenvalue weighted by atomic mass is 32.2. The number of hydrogen-bond donors (Lipinski definition) is 1. The monoisotopic (exact) mass is 420 g/mol. The topological polar surface area (TPSA) is 111 Å². The summed E-state index contributed by atoms with van der Waals surface area (Å²) < 4.78 is 33.8. The lowest BCUT2D eigenvalue weighted by Crippen LogP contribution is -2.45. The summed E-state index contributed by atoms with van der Waals surface area (Å²) in [7, 11) is -2.36. The van der Waals surface area contributed by atoms with Gasteiger partial charge in [-0.3, -0.25) is 9.78 Å². The molecule has 10 heteroatoms. The van der Waals surface area contributed by atoms with Crippen LogP contribution in [0.2, 0.25) is 0 Å². The summed E-state index contributed by atoms with van der Waals surface area (Å²) in [6, 6.07) is 5.87. The van der Waals surface area contributed by atoms with Crippen LogP contribution in [0.25, 0.3) is 0 Å². The highest BCUT2D eigenvalue weighted by molar-refractivity contribution is 7.89. The van der Waals surface area contributed by atoms with Crippen LogP contribution in [0.1, 0.15) is 35.9 Å². The first kappa shape index (κ1) is 21.0. The van der Waals surface area contributed by atoms with Crippen molar-refractivity contribution in [2.24, 2.45) is 7.05 Å². The Bertz CT molecular complexity index is 987. The number of hydrogen-bond acceptors (Lipinski definition) is 6. The average molecular weight is 420 g/mol. The van der Waals surface area contributed by atoms with Crippen LogP contribution in [0.4, 0.5) is 0 Å². The second-order valence-electron chi connectivity index (χ2n) is 6.71. The molecule has 0 aromatic carbocycles. The van der Waals surface area contributed by atoms with Crippen LogP contribution in [0.15, 0.2) is 41.6 Å². The molecule has 0 saturated carbocycles. The maximum absolute atomic E-state index is 13.1. The zero-order valence-corrected chi connectivity index (χ0v) is 17.2. The maximum atomic E-state index is 13.1. The number of amides is 1. The van der Waals surface area contributed by atoms with Crippen LogP contribution < -0.4 is 5.32 Å². The standard InChI is InChI=1S/C19H24N4O5S/c1-3-28-19(25)17-11-15(13-22(17)2)29(26,27)23-10-6-8-16(23)18(24)21-12-14-7-4-5-9-20-14/h4-5,7,9,11,13,16H,3,6,8,10,12H2,1-2H3,(H,21,24). The number of sulfonamides is 1. The highest BCUT2D eigenvalue weighted by Gasteiger charge is 2.40. The molecule has 1 saturated heterocycles. The Labute approximate surface area is 169 Å². The van der Waals surface area contributed by atoms with Gasteiger partial charge < -0.3 is 14.6 Å². The maximum Gasteiger partial charge on any atom is 0.354 e. The van der Waals surface area contributed by atoms with Gasteiger partial charge in [0.25, 0.3) is 0 Å². The van der Waals surface area contributed by atoms with E-state index in [2.05, 4.69) is 10.3 Å². The molecule has 0 spiro atoms. The van der Waals surface area contributed by atoms with Crippen molar-refractivity contribution in [2.75, 3.05) is 13.2 Å². The van der Waals surface area contributed by atoms with Gasteiger partial charge in [-0.05, 0) is 38.0 Å². The van der Waals surface area contributed by atoms with Crippen molar-refractivity contribution in [3.8, 4) is 0 Å².